The van der Waals surface area contributed by atoms with Gasteiger partial charge in [-0.1, -0.05) is 0 Å². The maximum absolute atomic E-state index is 13.1. The lowest BCUT2D eigenvalue weighted by atomic mass is 10.1. The summed E-state index contributed by atoms with van der Waals surface area (Å²) in [6.45, 7) is 0. The van der Waals surface area contributed by atoms with Gasteiger partial charge >= 0.3 is 0 Å². The lowest BCUT2D eigenvalue weighted by Gasteiger charge is -2.01. The Balaban J connectivity index is 2.76. The van der Waals surface area contributed by atoms with Crippen LogP contribution in [0, 0.1) is 11.6 Å². The quantitative estimate of drug-likeness (QED) is 0.573. The Bertz CT molecular complexity index is 473. The van der Waals surface area contributed by atoms with Crippen molar-refractivity contribution in [2.45, 2.75) is 0 Å². The van der Waals surface area contributed by atoms with Crippen LogP contribution in [-0.2, 0) is 4.79 Å². The average molecular weight is 262 g/mol. The molecule has 0 atom stereocenters. The fraction of sp³-hybridized carbons (Fsp3) is 0. The fourth-order valence-corrected chi connectivity index (χ4v) is 1.59. The molecular weight excluding hydrogens is 260 g/mol. The number of fused-ring (bicyclic) bond motifs is 1. The molecule has 0 fully saturated rings. The molecule has 0 bridgehead atoms. The van der Waals surface area contributed by atoms with Gasteiger partial charge in [0.15, 0.2) is 11.6 Å². The smallest absolute Gasteiger partial charge is 0.296 e. The van der Waals surface area contributed by atoms with Crippen molar-refractivity contribution in [2.75, 3.05) is 5.32 Å². The molecule has 0 unspecified atom stereocenters. The molecular formula is C8H2BrF2NO2. The summed E-state index contributed by atoms with van der Waals surface area (Å²) < 4.78 is 25.9. The molecule has 1 aromatic carbocycles. The standard InChI is InChI=1S/C8H2BrF2NO2/c9-3-1-2-6(5(11)4(3)10)12-8(14)7(2)13/h1H,(H,12,13,14). The van der Waals surface area contributed by atoms with E-state index in [-0.39, 0.29) is 15.7 Å². The minimum atomic E-state index is -1.23. The molecule has 1 amide bonds. The van der Waals surface area contributed by atoms with Gasteiger partial charge in [-0.2, -0.15) is 0 Å². The number of anilines is 1. The Morgan fingerprint density at radius 3 is 2.50 bits per heavy atom. The number of amides is 1. The number of benzene rings is 1. The number of nitrogens with one attached hydrogen (secondary N) is 1. The SMILES string of the molecule is O=C1Nc2c(cc(Br)c(F)c2F)C1=O. The van der Waals surface area contributed by atoms with Crippen LogP contribution in [0.25, 0.3) is 0 Å². The first-order chi connectivity index (χ1) is 6.52. The molecule has 1 aliphatic heterocycles. The molecule has 0 saturated carbocycles. The molecule has 1 aliphatic rings. The van der Waals surface area contributed by atoms with E-state index in [0.717, 1.165) is 6.07 Å². The topological polar surface area (TPSA) is 46.2 Å². The molecule has 0 spiro atoms. The van der Waals surface area contributed by atoms with Crippen molar-refractivity contribution >= 4 is 33.3 Å². The van der Waals surface area contributed by atoms with Crippen molar-refractivity contribution in [3.05, 3.63) is 27.7 Å². The van der Waals surface area contributed by atoms with E-state index in [0.29, 0.717) is 0 Å². The fourth-order valence-electron chi connectivity index (χ4n) is 1.19. The maximum atomic E-state index is 13.1. The van der Waals surface area contributed by atoms with E-state index in [2.05, 4.69) is 15.9 Å². The summed E-state index contributed by atoms with van der Waals surface area (Å²) in [5.74, 6) is -4.16. The third kappa shape index (κ3) is 1.07. The van der Waals surface area contributed by atoms with Gasteiger partial charge in [-0.3, -0.25) is 9.59 Å². The minimum Gasteiger partial charge on any atom is -0.316 e. The Labute approximate surface area is 85.2 Å². The van der Waals surface area contributed by atoms with Crippen LogP contribution in [0.1, 0.15) is 10.4 Å². The Hall–Kier alpha value is -1.30. The van der Waals surface area contributed by atoms with Crippen molar-refractivity contribution in [1.29, 1.82) is 0 Å². The zero-order chi connectivity index (χ0) is 10.5. The lowest BCUT2D eigenvalue weighted by molar-refractivity contribution is -0.112. The van der Waals surface area contributed by atoms with Crippen LogP contribution < -0.4 is 5.32 Å². The maximum Gasteiger partial charge on any atom is 0.296 e. The van der Waals surface area contributed by atoms with Crippen molar-refractivity contribution in [1.82, 2.24) is 0 Å². The molecule has 1 heterocycles. The molecule has 1 N–H and O–H groups in total. The summed E-state index contributed by atoms with van der Waals surface area (Å²) >= 11 is 2.74. The Morgan fingerprint density at radius 2 is 1.86 bits per heavy atom. The molecule has 0 aliphatic carbocycles. The number of hydrogen-bond acceptors (Lipinski definition) is 2. The number of ketones is 1. The molecule has 72 valence electrons. The van der Waals surface area contributed by atoms with Crippen LogP contribution in [-0.4, -0.2) is 11.7 Å². The van der Waals surface area contributed by atoms with Gasteiger partial charge in [0.2, 0.25) is 0 Å². The number of carbonyl (C=O) groups is 2. The van der Waals surface area contributed by atoms with Crippen molar-refractivity contribution in [3.63, 3.8) is 0 Å². The van der Waals surface area contributed by atoms with Gasteiger partial charge in [-0.25, -0.2) is 8.78 Å². The Morgan fingerprint density at radius 1 is 1.21 bits per heavy atom. The highest BCUT2D eigenvalue weighted by molar-refractivity contribution is 9.10. The summed E-state index contributed by atoms with van der Waals surface area (Å²) in [6, 6.07) is 1.08. The van der Waals surface area contributed by atoms with Crippen LogP contribution in [0.15, 0.2) is 10.5 Å². The predicted molar refractivity (Wildman–Crippen MR) is 47.0 cm³/mol. The van der Waals surface area contributed by atoms with E-state index in [1.54, 1.807) is 0 Å². The number of rotatable bonds is 0. The first-order valence-corrected chi connectivity index (χ1v) is 4.35. The van der Waals surface area contributed by atoms with Gasteiger partial charge in [-0.15, -0.1) is 0 Å². The van der Waals surface area contributed by atoms with Crippen LogP contribution in [0.2, 0.25) is 0 Å². The second-order valence-corrected chi connectivity index (χ2v) is 3.55. The first kappa shape index (κ1) is 9.26. The van der Waals surface area contributed by atoms with E-state index in [9.17, 15) is 18.4 Å². The first-order valence-electron chi connectivity index (χ1n) is 3.55. The van der Waals surface area contributed by atoms with Gasteiger partial charge in [0.1, 0.15) is 0 Å². The molecule has 0 aromatic heterocycles. The molecule has 14 heavy (non-hydrogen) atoms. The van der Waals surface area contributed by atoms with Crippen molar-refractivity contribution in [3.8, 4) is 0 Å². The zero-order valence-corrected chi connectivity index (χ0v) is 8.11. The minimum absolute atomic E-state index is 0.152. The monoisotopic (exact) mass is 261 g/mol. The lowest BCUT2D eigenvalue weighted by Crippen LogP contribution is -2.12. The van der Waals surface area contributed by atoms with Crippen LogP contribution in [0.3, 0.4) is 0 Å². The van der Waals surface area contributed by atoms with E-state index in [1.165, 1.54) is 0 Å². The molecule has 3 nitrogen and oxygen atoms in total. The van der Waals surface area contributed by atoms with Crippen molar-refractivity contribution in [2.24, 2.45) is 0 Å². The third-order valence-corrected chi connectivity index (χ3v) is 2.43. The van der Waals surface area contributed by atoms with Gasteiger partial charge in [0.05, 0.1) is 15.7 Å². The van der Waals surface area contributed by atoms with Gasteiger partial charge < -0.3 is 5.32 Å². The molecule has 0 saturated heterocycles. The largest absolute Gasteiger partial charge is 0.316 e. The number of carbonyl (C=O) groups excluding carboxylic acids is 2. The van der Waals surface area contributed by atoms with Gasteiger partial charge in [0, 0.05) is 0 Å². The second-order valence-electron chi connectivity index (χ2n) is 2.69. The van der Waals surface area contributed by atoms with E-state index >= 15 is 0 Å². The summed E-state index contributed by atoms with van der Waals surface area (Å²) in [5.41, 5.74) is -0.540. The van der Waals surface area contributed by atoms with Gasteiger partial charge in [-0.05, 0) is 22.0 Å². The molecule has 2 rings (SSSR count). The van der Waals surface area contributed by atoms with E-state index < -0.39 is 23.3 Å². The van der Waals surface area contributed by atoms with Crippen LogP contribution >= 0.6 is 15.9 Å². The predicted octanol–water partition coefficient (Wildman–Crippen LogP) is 1.86. The normalized spacial score (nSPS) is 14.2. The van der Waals surface area contributed by atoms with Gasteiger partial charge in [0.25, 0.3) is 11.7 Å². The van der Waals surface area contributed by atoms with E-state index in [1.807, 2.05) is 5.32 Å². The highest BCUT2D eigenvalue weighted by Gasteiger charge is 2.32. The Kier molecular flexibility index (Phi) is 1.88. The summed E-state index contributed by atoms with van der Waals surface area (Å²) in [5, 5.41) is 1.96. The number of halogens is 3. The summed E-state index contributed by atoms with van der Waals surface area (Å²) in [4.78, 5) is 21.9. The average Bonchev–Trinajstić information content (AvgIpc) is 2.42. The number of hydrogen-bond donors (Lipinski definition) is 1. The van der Waals surface area contributed by atoms with Crippen LogP contribution in [0.5, 0.6) is 0 Å². The molecule has 6 heteroatoms. The highest BCUT2D eigenvalue weighted by atomic mass is 79.9. The second kappa shape index (κ2) is 2.84. The van der Waals surface area contributed by atoms with Crippen molar-refractivity contribution < 1.29 is 18.4 Å². The highest BCUT2D eigenvalue weighted by Crippen LogP contribution is 2.32. The summed E-state index contributed by atoms with van der Waals surface area (Å²) in [7, 11) is 0. The van der Waals surface area contributed by atoms with Crippen LogP contribution in [0.4, 0.5) is 14.5 Å². The third-order valence-electron chi connectivity index (χ3n) is 1.85. The number of Topliss-reactive ketones (excluding diaryl/α,β-unsaturated/α-hetero) is 1. The summed E-state index contributed by atoms with van der Waals surface area (Å²) in [6.07, 6.45) is 0. The van der Waals surface area contributed by atoms with E-state index in [4.69, 9.17) is 0 Å². The molecule has 1 aromatic rings. The zero-order valence-electron chi connectivity index (χ0n) is 6.53. The molecule has 0 radical (unpaired) electrons.